The molecule has 0 bridgehead atoms. The van der Waals surface area contributed by atoms with Crippen LogP contribution in [0.4, 0.5) is 5.82 Å². The van der Waals surface area contributed by atoms with Crippen molar-refractivity contribution < 1.29 is 9.53 Å². The third-order valence-electron chi connectivity index (χ3n) is 3.92. The third kappa shape index (κ3) is 3.92. The van der Waals surface area contributed by atoms with Crippen molar-refractivity contribution in [2.75, 3.05) is 12.8 Å². The summed E-state index contributed by atoms with van der Waals surface area (Å²) in [6, 6.07) is 13.1. The minimum absolute atomic E-state index is 0.129. The zero-order valence-corrected chi connectivity index (χ0v) is 15.2. The molecule has 3 N–H and O–H groups in total. The van der Waals surface area contributed by atoms with Crippen LogP contribution in [0.5, 0.6) is 5.75 Å². The number of ether oxygens (including phenoxy) is 1. The molecule has 2 heterocycles. The number of anilines is 1. The average molecular weight is 365 g/mol. The van der Waals surface area contributed by atoms with Gasteiger partial charge >= 0.3 is 0 Å². The van der Waals surface area contributed by atoms with Gasteiger partial charge in [-0.2, -0.15) is 0 Å². The molecule has 2 aromatic heterocycles. The van der Waals surface area contributed by atoms with E-state index in [-0.39, 0.29) is 5.91 Å². The molecular weight excluding hydrogens is 346 g/mol. The molecule has 0 fully saturated rings. The fourth-order valence-electron chi connectivity index (χ4n) is 2.49. The van der Waals surface area contributed by atoms with Crippen LogP contribution >= 0.6 is 11.3 Å². The van der Waals surface area contributed by atoms with Crippen molar-refractivity contribution >= 4 is 28.6 Å². The maximum atomic E-state index is 12.4. The zero-order valence-electron chi connectivity index (χ0n) is 14.4. The number of hydrogen-bond acceptors (Lipinski definition) is 5. The quantitative estimate of drug-likeness (QED) is 0.698. The Morgan fingerprint density at radius 1 is 1.31 bits per heavy atom. The lowest BCUT2D eigenvalue weighted by Gasteiger charge is -2.06. The lowest BCUT2D eigenvalue weighted by atomic mass is 10.0. The van der Waals surface area contributed by atoms with Gasteiger partial charge in [0, 0.05) is 18.3 Å². The van der Waals surface area contributed by atoms with Gasteiger partial charge in [0.15, 0.2) is 0 Å². The number of carbonyl (C=O) groups excluding carboxylic acids is 1. The van der Waals surface area contributed by atoms with Gasteiger partial charge in [-0.3, -0.25) is 4.79 Å². The number of thiophene rings is 1. The average Bonchev–Trinajstić information content (AvgIpc) is 3.16. The Balaban J connectivity index is 1.68. The van der Waals surface area contributed by atoms with Crippen LogP contribution in [0.15, 0.2) is 60.6 Å². The Kier molecular flexibility index (Phi) is 5.34. The Hall–Kier alpha value is -3.12. The molecule has 0 aliphatic heterocycles. The molecular formula is C20H19N3O2S. The van der Waals surface area contributed by atoms with E-state index in [4.69, 9.17) is 10.5 Å². The molecule has 0 saturated heterocycles. The van der Waals surface area contributed by atoms with Crippen LogP contribution < -0.4 is 15.8 Å². The standard InChI is InChI=1S/C20H19N3O2S/c1-13(17-7-4-8-22-19(17)21)15-10-18(26-12-15)20(24)23-11-14-5-3-6-16(9-14)25-2/h3-10,12H,1,11H2,2H3,(H2,21,22)(H,23,24). The van der Waals surface area contributed by atoms with Gasteiger partial charge in [0.05, 0.1) is 12.0 Å². The summed E-state index contributed by atoms with van der Waals surface area (Å²) in [5.41, 5.74) is 9.26. The minimum atomic E-state index is -0.129. The van der Waals surface area contributed by atoms with Crippen molar-refractivity contribution in [3.8, 4) is 5.75 Å². The Bertz CT molecular complexity index is 949. The highest BCUT2D eigenvalue weighted by atomic mass is 32.1. The maximum Gasteiger partial charge on any atom is 0.261 e. The Morgan fingerprint density at radius 2 is 2.15 bits per heavy atom. The van der Waals surface area contributed by atoms with Gasteiger partial charge < -0.3 is 15.8 Å². The highest BCUT2D eigenvalue weighted by Gasteiger charge is 2.13. The molecule has 132 valence electrons. The molecule has 0 aliphatic rings. The largest absolute Gasteiger partial charge is 0.497 e. The number of nitrogens with zero attached hydrogens (tertiary/aromatic N) is 1. The van der Waals surface area contributed by atoms with Crippen LogP contribution in [0, 0.1) is 0 Å². The number of nitrogens with one attached hydrogen (secondary N) is 1. The number of nitrogens with two attached hydrogens (primary N) is 1. The van der Waals surface area contributed by atoms with E-state index in [2.05, 4.69) is 16.9 Å². The van der Waals surface area contributed by atoms with Crippen molar-refractivity contribution in [1.29, 1.82) is 0 Å². The Morgan fingerprint density at radius 3 is 2.92 bits per heavy atom. The molecule has 26 heavy (non-hydrogen) atoms. The van der Waals surface area contributed by atoms with E-state index in [9.17, 15) is 4.79 Å². The number of methoxy groups -OCH3 is 1. The predicted octanol–water partition coefficient (Wildman–Crippen LogP) is 3.73. The number of carbonyl (C=O) groups is 1. The third-order valence-corrected chi connectivity index (χ3v) is 4.85. The van der Waals surface area contributed by atoms with Crippen LogP contribution in [-0.2, 0) is 6.54 Å². The molecule has 0 atom stereocenters. The van der Waals surface area contributed by atoms with Crippen LogP contribution in [0.2, 0.25) is 0 Å². The monoisotopic (exact) mass is 365 g/mol. The molecule has 0 spiro atoms. The summed E-state index contributed by atoms with van der Waals surface area (Å²) in [6.07, 6.45) is 1.64. The highest BCUT2D eigenvalue weighted by Crippen LogP contribution is 2.28. The van der Waals surface area contributed by atoms with E-state index in [1.807, 2.05) is 47.8 Å². The second kappa shape index (κ2) is 7.84. The summed E-state index contributed by atoms with van der Waals surface area (Å²) in [6.45, 7) is 4.51. The van der Waals surface area contributed by atoms with E-state index in [1.165, 1.54) is 11.3 Å². The smallest absolute Gasteiger partial charge is 0.261 e. The SMILES string of the molecule is C=C(c1csc(C(=O)NCc2cccc(OC)c2)c1)c1cccnc1N. The van der Waals surface area contributed by atoms with Crippen LogP contribution in [0.1, 0.15) is 26.4 Å². The molecule has 1 amide bonds. The van der Waals surface area contributed by atoms with E-state index < -0.39 is 0 Å². The van der Waals surface area contributed by atoms with Crippen molar-refractivity contribution in [1.82, 2.24) is 10.3 Å². The molecule has 6 heteroatoms. The highest BCUT2D eigenvalue weighted by molar-refractivity contribution is 7.12. The van der Waals surface area contributed by atoms with Gasteiger partial charge in [0.2, 0.25) is 0 Å². The van der Waals surface area contributed by atoms with Gasteiger partial charge in [-0.15, -0.1) is 11.3 Å². The van der Waals surface area contributed by atoms with Crippen LogP contribution in [0.25, 0.3) is 5.57 Å². The van der Waals surface area contributed by atoms with E-state index in [1.54, 1.807) is 13.3 Å². The molecule has 3 aromatic rings. The first-order valence-electron chi connectivity index (χ1n) is 7.98. The summed E-state index contributed by atoms with van der Waals surface area (Å²) in [5.74, 6) is 1.06. The normalized spacial score (nSPS) is 10.3. The second-order valence-corrected chi connectivity index (χ2v) is 6.56. The maximum absolute atomic E-state index is 12.4. The first-order chi connectivity index (χ1) is 12.6. The molecule has 1 aromatic carbocycles. The number of nitrogen functional groups attached to an aromatic ring is 1. The molecule has 0 unspecified atom stereocenters. The lowest BCUT2D eigenvalue weighted by Crippen LogP contribution is -2.21. The molecule has 0 aliphatic carbocycles. The number of rotatable bonds is 6. The molecule has 5 nitrogen and oxygen atoms in total. The number of aromatic nitrogens is 1. The van der Waals surface area contributed by atoms with Crippen molar-refractivity contribution in [2.24, 2.45) is 0 Å². The van der Waals surface area contributed by atoms with Crippen molar-refractivity contribution in [3.63, 3.8) is 0 Å². The van der Waals surface area contributed by atoms with Gasteiger partial charge in [-0.1, -0.05) is 18.7 Å². The minimum Gasteiger partial charge on any atom is -0.497 e. The van der Waals surface area contributed by atoms with Crippen LogP contribution in [0.3, 0.4) is 0 Å². The number of hydrogen-bond donors (Lipinski definition) is 2. The van der Waals surface area contributed by atoms with E-state index in [0.717, 1.165) is 28.0 Å². The summed E-state index contributed by atoms with van der Waals surface area (Å²) in [5, 5.41) is 4.82. The van der Waals surface area contributed by atoms with E-state index >= 15 is 0 Å². The molecule has 0 saturated carbocycles. The zero-order chi connectivity index (χ0) is 18.5. The van der Waals surface area contributed by atoms with Gasteiger partial charge in [0.1, 0.15) is 11.6 Å². The van der Waals surface area contributed by atoms with Gasteiger partial charge in [0.25, 0.3) is 5.91 Å². The summed E-state index contributed by atoms with van der Waals surface area (Å²) in [7, 11) is 1.62. The summed E-state index contributed by atoms with van der Waals surface area (Å²) >= 11 is 1.37. The summed E-state index contributed by atoms with van der Waals surface area (Å²) in [4.78, 5) is 17.1. The lowest BCUT2D eigenvalue weighted by molar-refractivity contribution is 0.0955. The first kappa shape index (κ1) is 17.7. The fraction of sp³-hybridized carbons (Fsp3) is 0.100. The second-order valence-electron chi connectivity index (χ2n) is 5.65. The summed E-state index contributed by atoms with van der Waals surface area (Å²) < 4.78 is 5.19. The van der Waals surface area contributed by atoms with Gasteiger partial charge in [-0.05, 0) is 52.4 Å². The molecule has 0 radical (unpaired) electrons. The topological polar surface area (TPSA) is 77.2 Å². The van der Waals surface area contributed by atoms with E-state index in [0.29, 0.717) is 17.2 Å². The Labute approximate surface area is 156 Å². The fourth-order valence-corrected chi connectivity index (χ4v) is 3.33. The molecule has 3 rings (SSSR count). The number of benzene rings is 1. The predicted molar refractivity (Wildman–Crippen MR) is 105 cm³/mol. The number of pyridine rings is 1. The van der Waals surface area contributed by atoms with Gasteiger partial charge in [-0.25, -0.2) is 4.98 Å². The first-order valence-corrected chi connectivity index (χ1v) is 8.86. The van der Waals surface area contributed by atoms with Crippen LogP contribution in [-0.4, -0.2) is 18.0 Å². The van der Waals surface area contributed by atoms with Crippen molar-refractivity contribution in [2.45, 2.75) is 6.54 Å². The van der Waals surface area contributed by atoms with Crippen molar-refractivity contribution in [3.05, 3.63) is 82.2 Å². The number of amides is 1.